The SMILES string of the molecule is CC(C)N(CC(=O)N(CCc1ccccc1)Cc1ccco1)C(=O)Cc1cccs1. The van der Waals surface area contributed by atoms with Gasteiger partial charge in [0.25, 0.3) is 0 Å². The molecule has 5 nitrogen and oxygen atoms in total. The highest BCUT2D eigenvalue weighted by Gasteiger charge is 2.24. The molecule has 0 saturated carbocycles. The van der Waals surface area contributed by atoms with Crippen molar-refractivity contribution in [3.63, 3.8) is 0 Å². The second-order valence-corrected chi connectivity index (χ2v) is 8.53. The van der Waals surface area contributed by atoms with Gasteiger partial charge in [0.15, 0.2) is 0 Å². The molecule has 0 unspecified atom stereocenters. The lowest BCUT2D eigenvalue weighted by atomic mass is 10.1. The van der Waals surface area contributed by atoms with E-state index in [0.717, 1.165) is 17.1 Å². The average molecular weight is 425 g/mol. The van der Waals surface area contributed by atoms with Crippen LogP contribution in [-0.4, -0.2) is 40.7 Å². The van der Waals surface area contributed by atoms with Gasteiger partial charge in [-0.15, -0.1) is 11.3 Å². The maximum Gasteiger partial charge on any atom is 0.242 e. The Kier molecular flexibility index (Phi) is 7.85. The minimum absolute atomic E-state index is 0.0261. The second kappa shape index (κ2) is 10.8. The number of rotatable bonds is 10. The first-order chi connectivity index (χ1) is 14.5. The van der Waals surface area contributed by atoms with Crippen molar-refractivity contribution >= 4 is 23.2 Å². The van der Waals surface area contributed by atoms with Gasteiger partial charge in [-0.25, -0.2) is 0 Å². The molecule has 0 radical (unpaired) electrons. The number of thiophene rings is 1. The van der Waals surface area contributed by atoms with Gasteiger partial charge in [0.2, 0.25) is 11.8 Å². The summed E-state index contributed by atoms with van der Waals surface area (Å²) in [5, 5.41) is 1.96. The summed E-state index contributed by atoms with van der Waals surface area (Å²) in [5.41, 5.74) is 1.17. The number of carbonyl (C=O) groups excluding carboxylic acids is 2. The van der Waals surface area contributed by atoms with Crippen molar-refractivity contribution in [2.24, 2.45) is 0 Å². The van der Waals surface area contributed by atoms with Gasteiger partial charge >= 0.3 is 0 Å². The molecule has 2 aromatic heterocycles. The molecule has 2 amide bonds. The first-order valence-electron chi connectivity index (χ1n) is 10.2. The Morgan fingerprint density at radius 1 is 1.00 bits per heavy atom. The van der Waals surface area contributed by atoms with Gasteiger partial charge in [-0.05, 0) is 49.4 Å². The van der Waals surface area contributed by atoms with E-state index >= 15 is 0 Å². The average Bonchev–Trinajstić information content (AvgIpc) is 3.43. The number of nitrogens with zero attached hydrogens (tertiary/aromatic N) is 2. The molecule has 0 aliphatic rings. The molecular formula is C24H28N2O3S. The maximum atomic E-state index is 13.2. The summed E-state index contributed by atoms with van der Waals surface area (Å²) in [7, 11) is 0. The molecule has 0 N–H and O–H groups in total. The van der Waals surface area contributed by atoms with Gasteiger partial charge in [-0.2, -0.15) is 0 Å². The molecule has 0 atom stereocenters. The predicted molar refractivity (Wildman–Crippen MR) is 119 cm³/mol. The predicted octanol–water partition coefficient (Wildman–Crippen LogP) is 4.39. The normalized spacial score (nSPS) is 10.9. The van der Waals surface area contributed by atoms with Gasteiger partial charge in [-0.3, -0.25) is 9.59 Å². The van der Waals surface area contributed by atoms with Crippen molar-refractivity contribution in [3.05, 3.63) is 82.4 Å². The van der Waals surface area contributed by atoms with E-state index in [-0.39, 0.29) is 24.4 Å². The maximum absolute atomic E-state index is 13.2. The summed E-state index contributed by atoms with van der Waals surface area (Å²) in [6, 6.07) is 17.6. The van der Waals surface area contributed by atoms with Gasteiger partial charge in [0, 0.05) is 17.5 Å². The second-order valence-electron chi connectivity index (χ2n) is 7.50. The largest absolute Gasteiger partial charge is 0.467 e. The first kappa shape index (κ1) is 21.8. The third kappa shape index (κ3) is 6.32. The van der Waals surface area contributed by atoms with Crippen LogP contribution in [0.15, 0.2) is 70.7 Å². The van der Waals surface area contributed by atoms with Gasteiger partial charge in [-0.1, -0.05) is 36.4 Å². The van der Waals surface area contributed by atoms with Crippen molar-refractivity contribution < 1.29 is 14.0 Å². The van der Waals surface area contributed by atoms with E-state index in [1.165, 1.54) is 5.56 Å². The van der Waals surface area contributed by atoms with Crippen molar-refractivity contribution in [1.82, 2.24) is 9.80 Å². The Morgan fingerprint density at radius 3 is 2.43 bits per heavy atom. The van der Waals surface area contributed by atoms with Crippen molar-refractivity contribution in [3.8, 4) is 0 Å². The third-order valence-corrected chi connectivity index (χ3v) is 5.82. The molecule has 1 aromatic carbocycles. The summed E-state index contributed by atoms with van der Waals surface area (Å²) in [6.07, 6.45) is 2.68. The molecule has 0 fully saturated rings. The van der Waals surface area contributed by atoms with E-state index in [1.807, 2.05) is 61.7 Å². The van der Waals surface area contributed by atoms with Gasteiger partial charge in [0.05, 0.1) is 19.2 Å². The summed E-state index contributed by atoms with van der Waals surface area (Å²) in [6.45, 7) is 4.91. The Balaban J connectivity index is 1.68. The number of hydrogen-bond donors (Lipinski definition) is 0. The molecule has 6 heteroatoms. The molecule has 2 heterocycles. The standard InChI is InChI=1S/C24H28N2O3S/c1-19(2)26(23(27)16-22-11-7-15-30-22)18-24(28)25(17-21-10-6-14-29-21)13-12-20-8-4-3-5-9-20/h3-11,14-15,19H,12-13,16-18H2,1-2H3. The highest BCUT2D eigenvalue weighted by atomic mass is 32.1. The summed E-state index contributed by atoms with van der Waals surface area (Å²) < 4.78 is 5.46. The van der Waals surface area contributed by atoms with E-state index < -0.39 is 0 Å². The molecule has 0 bridgehead atoms. The topological polar surface area (TPSA) is 53.8 Å². The highest BCUT2D eigenvalue weighted by Crippen LogP contribution is 2.14. The lowest BCUT2D eigenvalue weighted by Crippen LogP contribution is -2.46. The number of benzene rings is 1. The van der Waals surface area contributed by atoms with Crippen LogP contribution in [0, 0.1) is 0 Å². The smallest absolute Gasteiger partial charge is 0.242 e. The van der Waals surface area contributed by atoms with Crippen LogP contribution < -0.4 is 0 Å². The zero-order valence-corrected chi connectivity index (χ0v) is 18.3. The van der Waals surface area contributed by atoms with E-state index in [9.17, 15) is 9.59 Å². The van der Waals surface area contributed by atoms with Crippen LogP contribution in [0.4, 0.5) is 0 Å². The van der Waals surface area contributed by atoms with Gasteiger partial charge in [0.1, 0.15) is 12.3 Å². The molecule has 0 spiro atoms. The van der Waals surface area contributed by atoms with Crippen molar-refractivity contribution in [2.75, 3.05) is 13.1 Å². The van der Waals surface area contributed by atoms with Crippen LogP contribution in [0.3, 0.4) is 0 Å². The fourth-order valence-corrected chi connectivity index (χ4v) is 3.96. The van der Waals surface area contributed by atoms with Crippen LogP contribution in [0.25, 0.3) is 0 Å². The minimum atomic E-state index is -0.0736. The molecule has 0 saturated heterocycles. The Bertz CT molecular complexity index is 905. The molecule has 3 aromatic rings. The Morgan fingerprint density at radius 2 is 1.80 bits per heavy atom. The number of amides is 2. The minimum Gasteiger partial charge on any atom is -0.467 e. The summed E-state index contributed by atoms with van der Waals surface area (Å²) in [5.74, 6) is 0.634. The molecule has 3 rings (SSSR count). The van der Waals surface area contributed by atoms with Crippen LogP contribution >= 0.6 is 11.3 Å². The number of hydrogen-bond acceptors (Lipinski definition) is 4. The van der Waals surface area contributed by atoms with Crippen LogP contribution in [-0.2, 0) is 29.0 Å². The quantitative estimate of drug-likeness (QED) is 0.485. The fraction of sp³-hybridized carbons (Fsp3) is 0.333. The van der Waals surface area contributed by atoms with Crippen LogP contribution in [0.2, 0.25) is 0 Å². The highest BCUT2D eigenvalue weighted by molar-refractivity contribution is 7.10. The Hall–Kier alpha value is -2.86. The third-order valence-electron chi connectivity index (χ3n) is 4.95. The Labute approximate surface area is 181 Å². The molecular weight excluding hydrogens is 396 g/mol. The van der Waals surface area contributed by atoms with Crippen LogP contribution in [0.5, 0.6) is 0 Å². The molecule has 0 aliphatic heterocycles. The summed E-state index contributed by atoms with van der Waals surface area (Å²) in [4.78, 5) is 30.5. The monoisotopic (exact) mass is 424 g/mol. The molecule has 0 aliphatic carbocycles. The number of furan rings is 1. The van der Waals surface area contributed by atoms with Crippen molar-refractivity contribution in [1.29, 1.82) is 0 Å². The van der Waals surface area contributed by atoms with E-state index in [0.29, 0.717) is 19.5 Å². The molecule has 158 valence electrons. The van der Waals surface area contributed by atoms with E-state index in [1.54, 1.807) is 27.4 Å². The zero-order chi connectivity index (χ0) is 21.3. The lowest BCUT2D eigenvalue weighted by molar-refractivity contribution is -0.142. The van der Waals surface area contributed by atoms with E-state index in [4.69, 9.17) is 4.42 Å². The number of carbonyl (C=O) groups is 2. The van der Waals surface area contributed by atoms with E-state index in [2.05, 4.69) is 12.1 Å². The van der Waals surface area contributed by atoms with Crippen LogP contribution in [0.1, 0.15) is 30.0 Å². The first-order valence-corrected chi connectivity index (χ1v) is 11.1. The fourth-order valence-electron chi connectivity index (χ4n) is 3.26. The molecule has 30 heavy (non-hydrogen) atoms. The summed E-state index contributed by atoms with van der Waals surface area (Å²) >= 11 is 1.56. The van der Waals surface area contributed by atoms with Gasteiger partial charge < -0.3 is 14.2 Å². The zero-order valence-electron chi connectivity index (χ0n) is 17.5. The lowest BCUT2D eigenvalue weighted by Gasteiger charge is -2.30. The van der Waals surface area contributed by atoms with Crippen molar-refractivity contribution in [2.45, 2.75) is 39.3 Å².